The lowest BCUT2D eigenvalue weighted by Gasteiger charge is -2.11. The van der Waals surface area contributed by atoms with E-state index in [9.17, 15) is 17.9 Å². The molecule has 1 atom stereocenters. The number of benzene rings is 2. The minimum Gasteiger partial charge on any atom is -0.389 e. The Hall–Kier alpha value is -1.63. The van der Waals surface area contributed by atoms with E-state index < -0.39 is 21.9 Å². The van der Waals surface area contributed by atoms with Crippen LogP contribution in [0.15, 0.2) is 47.4 Å². The monoisotopic (exact) mass is 329 g/mol. The van der Waals surface area contributed by atoms with Crippen LogP contribution in [0.3, 0.4) is 0 Å². The second-order valence-electron chi connectivity index (χ2n) is 4.48. The van der Waals surface area contributed by atoms with Crippen molar-refractivity contribution in [1.29, 1.82) is 0 Å². The Balaban J connectivity index is 2.38. The number of hydrogen-bond donors (Lipinski definition) is 2. The lowest BCUT2D eigenvalue weighted by Crippen LogP contribution is -2.14. The van der Waals surface area contributed by atoms with Gasteiger partial charge in [0.25, 0.3) is 10.0 Å². The number of hydrogen-bond acceptors (Lipinski definition) is 3. The van der Waals surface area contributed by atoms with E-state index in [1.165, 1.54) is 37.3 Å². The van der Waals surface area contributed by atoms with E-state index >= 15 is 0 Å². The van der Waals surface area contributed by atoms with Gasteiger partial charge in [-0.25, -0.2) is 12.8 Å². The van der Waals surface area contributed by atoms with Crippen LogP contribution in [0.1, 0.15) is 18.6 Å². The van der Waals surface area contributed by atoms with E-state index in [-0.39, 0.29) is 15.6 Å². The van der Waals surface area contributed by atoms with Gasteiger partial charge >= 0.3 is 0 Å². The lowest BCUT2D eigenvalue weighted by molar-refractivity contribution is 0.199. The van der Waals surface area contributed by atoms with E-state index in [1.54, 1.807) is 6.07 Å². The second kappa shape index (κ2) is 6.01. The number of halogens is 2. The maximum Gasteiger partial charge on any atom is 0.261 e. The second-order valence-corrected chi connectivity index (χ2v) is 6.60. The van der Waals surface area contributed by atoms with Crippen molar-refractivity contribution in [1.82, 2.24) is 0 Å². The fourth-order valence-electron chi connectivity index (χ4n) is 1.72. The first-order valence-electron chi connectivity index (χ1n) is 6.05. The summed E-state index contributed by atoms with van der Waals surface area (Å²) >= 11 is 5.72. The van der Waals surface area contributed by atoms with E-state index in [2.05, 4.69) is 4.72 Å². The highest BCUT2D eigenvalue weighted by Gasteiger charge is 2.17. The summed E-state index contributed by atoms with van der Waals surface area (Å²) in [6, 6.07) is 9.38. The van der Waals surface area contributed by atoms with Crippen molar-refractivity contribution in [3.05, 3.63) is 58.9 Å². The molecule has 0 spiro atoms. The molecule has 112 valence electrons. The molecular formula is C14H13ClFNO3S. The van der Waals surface area contributed by atoms with Crippen LogP contribution in [0, 0.1) is 5.82 Å². The predicted molar refractivity (Wildman–Crippen MR) is 79.3 cm³/mol. The minimum atomic E-state index is -3.97. The number of anilines is 1. The molecule has 7 heteroatoms. The molecule has 0 amide bonds. The molecule has 1 unspecified atom stereocenters. The molecule has 0 fully saturated rings. The molecule has 2 aromatic rings. The molecule has 2 N–H and O–H groups in total. The van der Waals surface area contributed by atoms with E-state index in [0.29, 0.717) is 5.56 Å². The van der Waals surface area contributed by atoms with Gasteiger partial charge in [-0.3, -0.25) is 4.72 Å². The fourth-order valence-corrected chi connectivity index (χ4v) is 3.01. The van der Waals surface area contributed by atoms with Crippen molar-refractivity contribution in [3.8, 4) is 0 Å². The van der Waals surface area contributed by atoms with Gasteiger partial charge in [0.15, 0.2) is 0 Å². The number of nitrogens with one attached hydrogen (secondary N) is 1. The van der Waals surface area contributed by atoms with Gasteiger partial charge in [0, 0.05) is 5.02 Å². The van der Waals surface area contributed by atoms with Crippen molar-refractivity contribution in [2.24, 2.45) is 0 Å². The summed E-state index contributed by atoms with van der Waals surface area (Å²) in [5, 5.41) is 9.71. The van der Waals surface area contributed by atoms with Crippen molar-refractivity contribution in [2.75, 3.05) is 4.72 Å². The van der Waals surface area contributed by atoms with Gasteiger partial charge in [-0.15, -0.1) is 0 Å². The number of aliphatic hydroxyl groups is 1. The van der Waals surface area contributed by atoms with Crippen molar-refractivity contribution in [3.63, 3.8) is 0 Å². The first kappa shape index (κ1) is 15.8. The molecule has 2 rings (SSSR count). The van der Waals surface area contributed by atoms with Gasteiger partial charge in [-0.1, -0.05) is 23.7 Å². The quantitative estimate of drug-likeness (QED) is 0.904. The third kappa shape index (κ3) is 3.72. The molecule has 2 aromatic carbocycles. The van der Waals surface area contributed by atoms with Crippen LogP contribution in [0.25, 0.3) is 0 Å². The summed E-state index contributed by atoms with van der Waals surface area (Å²) in [5.41, 5.74) is 0.217. The number of aliphatic hydroxyl groups excluding tert-OH is 1. The molecule has 0 saturated carbocycles. The average Bonchev–Trinajstić information content (AvgIpc) is 2.43. The summed E-state index contributed by atoms with van der Waals surface area (Å²) < 4.78 is 40.2. The third-order valence-electron chi connectivity index (χ3n) is 2.82. The molecule has 0 aliphatic carbocycles. The maximum atomic E-state index is 13.6. The van der Waals surface area contributed by atoms with Crippen LogP contribution in [-0.2, 0) is 10.0 Å². The Morgan fingerprint density at radius 1 is 1.24 bits per heavy atom. The molecule has 0 aromatic heterocycles. The molecule has 0 bridgehead atoms. The molecule has 21 heavy (non-hydrogen) atoms. The number of rotatable bonds is 4. The predicted octanol–water partition coefficient (Wildman–Crippen LogP) is 3.33. The lowest BCUT2D eigenvalue weighted by atomic mass is 10.1. The van der Waals surface area contributed by atoms with Crippen LogP contribution in [0.2, 0.25) is 5.02 Å². The number of sulfonamides is 1. The van der Waals surface area contributed by atoms with Gasteiger partial charge in [-0.2, -0.15) is 0 Å². The van der Waals surface area contributed by atoms with E-state index in [4.69, 9.17) is 11.6 Å². The molecule has 0 radical (unpaired) electrons. The van der Waals surface area contributed by atoms with Gasteiger partial charge in [0.1, 0.15) is 5.82 Å². The van der Waals surface area contributed by atoms with E-state index in [1.807, 2.05) is 0 Å². The van der Waals surface area contributed by atoms with Gasteiger partial charge < -0.3 is 5.11 Å². The molecule has 0 saturated heterocycles. The topological polar surface area (TPSA) is 66.4 Å². The van der Waals surface area contributed by atoms with Gasteiger partial charge in [0.2, 0.25) is 0 Å². The van der Waals surface area contributed by atoms with Crippen LogP contribution in [0.5, 0.6) is 0 Å². The zero-order valence-electron chi connectivity index (χ0n) is 11.0. The molecular weight excluding hydrogens is 317 g/mol. The summed E-state index contributed by atoms with van der Waals surface area (Å²) in [5.74, 6) is -0.727. The normalized spacial score (nSPS) is 13.0. The Bertz CT molecular complexity index is 763. The van der Waals surface area contributed by atoms with Crippen molar-refractivity contribution in [2.45, 2.75) is 17.9 Å². The standard InChI is InChI=1S/C14H13ClFNO3S/c1-9(18)10-3-2-4-12(7-10)21(19,20)17-14-8-11(15)5-6-13(14)16/h2-9,17-18H,1H3. The van der Waals surface area contributed by atoms with Crippen LogP contribution < -0.4 is 4.72 Å². The highest BCUT2D eigenvalue weighted by atomic mass is 35.5. The molecule has 4 nitrogen and oxygen atoms in total. The van der Waals surface area contributed by atoms with Crippen molar-refractivity contribution < 1.29 is 17.9 Å². The summed E-state index contributed by atoms with van der Waals surface area (Å²) in [4.78, 5) is -0.0692. The van der Waals surface area contributed by atoms with Gasteiger partial charge in [-0.05, 0) is 42.8 Å². The van der Waals surface area contributed by atoms with Crippen LogP contribution in [-0.4, -0.2) is 13.5 Å². The Morgan fingerprint density at radius 2 is 1.95 bits per heavy atom. The summed E-state index contributed by atoms with van der Waals surface area (Å²) in [6.07, 6.45) is -0.803. The Kier molecular flexibility index (Phi) is 4.51. The Morgan fingerprint density at radius 3 is 2.62 bits per heavy atom. The minimum absolute atomic E-state index is 0.0692. The first-order valence-corrected chi connectivity index (χ1v) is 7.91. The highest BCUT2D eigenvalue weighted by molar-refractivity contribution is 7.92. The Labute approximate surface area is 127 Å². The zero-order valence-corrected chi connectivity index (χ0v) is 12.6. The molecule has 0 aliphatic heterocycles. The first-order chi connectivity index (χ1) is 9.79. The smallest absolute Gasteiger partial charge is 0.261 e. The SMILES string of the molecule is CC(O)c1cccc(S(=O)(=O)Nc2cc(Cl)ccc2F)c1. The van der Waals surface area contributed by atoms with Crippen LogP contribution >= 0.6 is 11.6 Å². The highest BCUT2D eigenvalue weighted by Crippen LogP contribution is 2.24. The van der Waals surface area contributed by atoms with Gasteiger partial charge in [0.05, 0.1) is 16.7 Å². The average molecular weight is 330 g/mol. The van der Waals surface area contributed by atoms with Crippen molar-refractivity contribution >= 4 is 27.3 Å². The fraction of sp³-hybridized carbons (Fsp3) is 0.143. The van der Waals surface area contributed by atoms with E-state index in [0.717, 1.165) is 6.07 Å². The summed E-state index contributed by atoms with van der Waals surface area (Å²) in [6.45, 7) is 1.52. The molecule has 0 aliphatic rings. The summed E-state index contributed by atoms with van der Waals surface area (Å²) in [7, 11) is -3.97. The van der Waals surface area contributed by atoms with Crippen LogP contribution in [0.4, 0.5) is 10.1 Å². The molecule has 0 heterocycles. The largest absolute Gasteiger partial charge is 0.389 e. The maximum absolute atomic E-state index is 13.6. The third-order valence-corrected chi connectivity index (χ3v) is 4.42. The zero-order chi connectivity index (χ0) is 15.6.